The summed E-state index contributed by atoms with van der Waals surface area (Å²) in [5.74, 6) is 9.26. The van der Waals surface area contributed by atoms with Crippen molar-refractivity contribution in [2.45, 2.75) is 433 Å². The average molecular weight is 1810 g/mol. The lowest BCUT2D eigenvalue weighted by molar-refractivity contribution is 0.258. The van der Waals surface area contributed by atoms with Crippen LogP contribution in [0, 0.1) is 0 Å². The number of benzene rings is 3. The van der Waals surface area contributed by atoms with E-state index in [-0.39, 0.29) is 0 Å². The first kappa shape index (κ1) is 112. The average Bonchev–Trinajstić information content (AvgIpc) is 0.816. The van der Waals surface area contributed by atoms with E-state index in [9.17, 15) is 0 Å². The van der Waals surface area contributed by atoms with Crippen molar-refractivity contribution in [3.05, 3.63) is 60.7 Å². The lowest BCUT2D eigenvalue weighted by atomic mass is 10.1. The van der Waals surface area contributed by atoms with Crippen LogP contribution in [0.4, 0.5) is 70.3 Å². The third-order valence-corrected chi connectivity index (χ3v) is 24.0. The lowest BCUT2D eigenvalue weighted by Crippen LogP contribution is -2.14. The van der Waals surface area contributed by atoms with Crippen molar-refractivity contribution in [1.29, 1.82) is 0 Å². The van der Waals surface area contributed by atoms with E-state index in [1.54, 1.807) is 14.1 Å². The highest BCUT2D eigenvalue weighted by molar-refractivity contribution is 5.66. The molecule has 736 valence electrons. The van der Waals surface area contributed by atoms with Crippen molar-refractivity contribution in [2.75, 3.05) is 129 Å². The van der Waals surface area contributed by atoms with E-state index in [1.165, 1.54) is 327 Å². The molecule has 0 aliphatic carbocycles. The first-order valence-corrected chi connectivity index (χ1v) is 53.3. The standard InChI is InChI=1S/C93H162N6O6.C14H25N11/c1-7-13-19-25-31-37-43-49-55-61-73-100-85-70-67-82(79-88(85)103-76-64-58-52-46-40-34-28-22-16-10-4)94-91-97-92(95-83-68-71-86(101-74-62-56-50-44-38-32-26-20-14-8-2)89(80-83)104-77-65-59-53-47-41-35-29-23-17-11-5)99-93(98-91)96-84-69-72-87(102-75-63-57-51-45-39-33-27-21-15-9-3)90(81-84)105-78-66-60-54-48-42-36-30-24-18-12-6;1-15-9-8-10(16-2)22-13(21-9)19-6-5-7-20-14-24-11(17-3)23-12(18-4)25-14/h67-72,79-81H,7-66,73-78H2,1-6H3,(H3,94,95,96,97,98,99);8H,5-7H2,1-4H3,(H3,15,16,19,21,22)(H3,17,18,20,23,24,25). The fourth-order valence-electron chi connectivity index (χ4n) is 16.0. The molecule has 0 saturated carbocycles. The second-order valence-electron chi connectivity index (χ2n) is 35.8. The Morgan fingerprint density at radius 1 is 0.185 bits per heavy atom. The van der Waals surface area contributed by atoms with Crippen LogP contribution in [0.15, 0.2) is 60.7 Å². The molecule has 0 atom stereocenters. The molecular weight excluding hydrogens is 1620 g/mol. The normalized spacial score (nSPS) is 11.1. The Bertz CT molecular complexity index is 3270. The summed E-state index contributed by atoms with van der Waals surface area (Å²) >= 11 is 0. The Balaban J connectivity index is 0.00000102. The second-order valence-corrected chi connectivity index (χ2v) is 35.8. The van der Waals surface area contributed by atoms with Crippen LogP contribution in [0.2, 0.25) is 0 Å². The number of ether oxygens (including phenoxy) is 6. The Morgan fingerprint density at radius 3 is 0.592 bits per heavy atom. The number of unbranched alkanes of at least 4 members (excludes halogenated alkanes) is 54. The summed E-state index contributed by atoms with van der Waals surface area (Å²) in [4.78, 5) is 36.6. The zero-order chi connectivity index (χ0) is 92.5. The van der Waals surface area contributed by atoms with Crippen molar-refractivity contribution in [3.63, 3.8) is 0 Å². The first-order valence-electron chi connectivity index (χ1n) is 53.3. The van der Waals surface area contributed by atoms with Gasteiger partial charge in [0.25, 0.3) is 0 Å². The van der Waals surface area contributed by atoms with Crippen LogP contribution < -0.4 is 76.3 Å². The molecule has 3 aromatic carbocycles. The molecule has 23 nitrogen and oxygen atoms in total. The molecule has 0 unspecified atom stereocenters. The molecule has 130 heavy (non-hydrogen) atoms. The molecule has 0 fully saturated rings. The van der Waals surface area contributed by atoms with Gasteiger partial charge in [-0.1, -0.05) is 388 Å². The summed E-state index contributed by atoms with van der Waals surface area (Å²) in [6.45, 7) is 19.0. The van der Waals surface area contributed by atoms with E-state index in [1.807, 2.05) is 74.8 Å². The van der Waals surface area contributed by atoms with Crippen LogP contribution in [-0.2, 0) is 0 Å². The topological polar surface area (TPSA) is 267 Å². The van der Waals surface area contributed by atoms with Gasteiger partial charge in [0, 0.05) is 82.6 Å². The molecule has 23 heteroatoms. The summed E-state index contributed by atoms with van der Waals surface area (Å²) in [5.41, 5.74) is 2.38. The van der Waals surface area contributed by atoms with Gasteiger partial charge in [-0.3, -0.25) is 0 Å². The van der Waals surface area contributed by atoms with Crippen molar-refractivity contribution in [3.8, 4) is 34.5 Å². The fraction of sp³-hybridized carbons (Fsp3) is 0.738. The van der Waals surface area contributed by atoms with Gasteiger partial charge in [-0.15, -0.1) is 0 Å². The third-order valence-electron chi connectivity index (χ3n) is 24.0. The zero-order valence-corrected chi connectivity index (χ0v) is 84.1. The predicted octanol–water partition coefficient (Wildman–Crippen LogP) is 31.6. The quantitative estimate of drug-likeness (QED) is 0.0161. The van der Waals surface area contributed by atoms with E-state index in [0.29, 0.717) is 94.4 Å². The van der Waals surface area contributed by atoms with E-state index >= 15 is 0 Å². The number of nitrogens with zero attached hydrogens (tertiary/aromatic N) is 8. The molecular formula is C107H187N17O6. The molecule has 9 N–H and O–H groups in total. The smallest absolute Gasteiger partial charge is 0.233 e. The molecule has 0 aliphatic heterocycles. The number of rotatable bonds is 88. The molecule has 3 heterocycles. The molecule has 6 rings (SSSR count). The molecule has 0 bridgehead atoms. The SMILES string of the molecule is CCCCCCCCCCCCOc1ccc(Nc2nc(Nc3ccc(OCCCCCCCCCCCC)c(OCCCCCCCCCCCC)c3)nc(Nc3ccc(OCCCCCCCCCCCC)c(OCCCCCCCCCCCC)c3)n2)cc1OCCCCCCCCCCCC.CNc1cc(NC)nc(NCCCNc2nc(NC)nc(NC)n2)n1. The van der Waals surface area contributed by atoms with E-state index in [0.717, 1.165) is 127 Å². The van der Waals surface area contributed by atoms with E-state index in [4.69, 9.17) is 43.4 Å². The Morgan fingerprint density at radius 2 is 0.377 bits per heavy atom. The first-order chi connectivity index (χ1) is 64.2. The molecule has 0 saturated heterocycles. The van der Waals surface area contributed by atoms with Gasteiger partial charge in [-0.2, -0.15) is 39.9 Å². The van der Waals surface area contributed by atoms with Gasteiger partial charge in [0.1, 0.15) is 11.6 Å². The zero-order valence-electron chi connectivity index (χ0n) is 84.1. The molecule has 0 spiro atoms. The molecule has 6 aromatic rings. The minimum atomic E-state index is 0.373. The van der Waals surface area contributed by atoms with Crippen LogP contribution in [-0.4, -0.2) is 121 Å². The number of nitrogens with one attached hydrogen (secondary N) is 9. The maximum Gasteiger partial charge on any atom is 0.233 e. The van der Waals surface area contributed by atoms with Crippen molar-refractivity contribution >= 4 is 70.3 Å². The van der Waals surface area contributed by atoms with E-state index in [2.05, 4.69) is 114 Å². The second kappa shape index (κ2) is 79.3. The van der Waals surface area contributed by atoms with E-state index < -0.39 is 0 Å². The summed E-state index contributed by atoms with van der Waals surface area (Å²) < 4.78 is 39.7. The van der Waals surface area contributed by atoms with Gasteiger partial charge in [-0.05, 0) is 81.3 Å². The number of anilines is 12. The monoisotopic (exact) mass is 1810 g/mol. The molecule has 3 aromatic heterocycles. The maximum absolute atomic E-state index is 6.67. The van der Waals surface area contributed by atoms with Crippen molar-refractivity contribution in [2.24, 2.45) is 0 Å². The van der Waals surface area contributed by atoms with Gasteiger partial charge in [0.05, 0.1) is 39.6 Å². The van der Waals surface area contributed by atoms with Gasteiger partial charge in [0.2, 0.25) is 41.6 Å². The Kier molecular flexibility index (Phi) is 68.5. The lowest BCUT2D eigenvalue weighted by Gasteiger charge is -2.17. The summed E-state index contributed by atoms with van der Waals surface area (Å²) in [5, 5.41) is 29.0. The fourth-order valence-corrected chi connectivity index (χ4v) is 16.0. The highest BCUT2D eigenvalue weighted by atomic mass is 16.5. The van der Waals surface area contributed by atoms with Crippen LogP contribution in [0.1, 0.15) is 433 Å². The summed E-state index contributed by atoms with van der Waals surface area (Å²) in [7, 11) is 7.17. The minimum Gasteiger partial charge on any atom is -0.490 e. The van der Waals surface area contributed by atoms with Gasteiger partial charge < -0.3 is 76.3 Å². The molecule has 0 amide bonds. The number of hydrogen-bond acceptors (Lipinski definition) is 23. The minimum absolute atomic E-state index is 0.373. The van der Waals surface area contributed by atoms with Crippen LogP contribution >= 0.6 is 0 Å². The highest BCUT2D eigenvalue weighted by Gasteiger charge is 2.18. The summed E-state index contributed by atoms with van der Waals surface area (Å²) in [6, 6.07) is 20.3. The molecule has 0 aliphatic rings. The van der Waals surface area contributed by atoms with Gasteiger partial charge in [-0.25, -0.2) is 0 Å². The Labute approximate surface area is 791 Å². The van der Waals surface area contributed by atoms with Gasteiger partial charge in [0.15, 0.2) is 34.5 Å². The maximum atomic E-state index is 6.67. The number of aromatic nitrogens is 8. The Hall–Kier alpha value is -8.24. The van der Waals surface area contributed by atoms with Crippen LogP contribution in [0.25, 0.3) is 0 Å². The van der Waals surface area contributed by atoms with Crippen LogP contribution in [0.3, 0.4) is 0 Å². The summed E-state index contributed by atoms with van der Waals surface area (Å²) in [6.07, 6.45) is 77.6. The van der Waals surface area contributed by atoms with Crippen molar-refractivity contribution in [1.82, 2.24) is 39.9 Å². The molecule has 0 radical (unpaired) electrons. The largest absolute Gasteiger partial charge is 0.490 e. The highest BCUT2D eigenvalue weighted by Crippen LogP contribution is 2.37. The third kappa shape index (κ3) is 56.6. The van der Waals surface area contributed by atoms with Gasteiger partial charge >= 0.3 is 0 Å². The van der Waals surface area contributed by atoms with Crippen molar-refractivity contribution < 1.29 is 28.4 Å². The van der Waals surface area contributed by atoms with Crippen LogP contribution in [0.5, 0.6) is 34.5 Å². The number of hydrogen-bond donors (Lipinski definition) is 9. The predicted molar refractivity (Wildman–Crippen MR) is 555 cm³/mol.